The Morgan fingerprint density at radius 1 is 1.41 bits per heavy atom. The molecule has 1 heterocycles. The Morgan fingerprint density at radius 2 is 2.18 bits per heavy atom. The fourth-order valence-corrected chi connectivity index (χ4v) is 1.92. The van der Waals surface area contributed by atoms with Crippen LogP contribution in [0, 0.1) is 0 Å². The van der Waals surface area contributed by atoms with E-state index in [-0.39, 0.29) is 0 Å². The summed E-state index contributed by atoms with van der Waals surface area (Å²) in [5.74, 6) is 1.27. The summed E-state index contributed by atoms with van der Waals surface area (Å²) in [5, 5.41) is 7.13. The Kier molecular flexibility index (Phi) is 3.91. The molecule has 0 fully saturated rings. The molecular formula is C12H14BrN3O. The van der Waals surface area contributed by atoms with Gasteiger partial charge >= 0.3 is 0 Å². The quantitative estimate of drug-likeness (QED) is 0.942. The molecule has 1 aromatic carbocycles. The molecular weight excluding hydrogens is 282 g/mol. The molecule has 0 saturated carbocycles. The first-order valence-corrected chi connectivity index (χ1v) is 6.24. The lowest BCUT2D eigenvalue weighted by atomic mass is 10.2. The summed E-state index contributed by atoms with van der Waals surface area (Å²) >= 11 is 3.47. The lowest BCUT2D eigenvalue weighted by Crippen LogP contribution is -2.23. The molecule has 1 aromatic heterocycles. The van der Waals surface area contributed by atoms with Crippen LogP contribution in [0.5, 0.6) is 0 Å². The summed E-state index contributed by atoms with van der Waals surface area (Å²) in [6.07, 6.45) is 0.730. The Labute approximate surface area is 109 Å². The molecule has 0 bridgehead atoms. The Hall–Kier alpha value is -1.20. The molecule has 1 N–H and O–H groups in total. The number of benzene rings is 1. The fourth-order valence-electron chi connectivity index (χ4n) is 1.45. The third-order valence-electron chi connectivity index (χ3n) is 2.56. The molecule has 0 aliphatic rings. The monoisotopic (exact) mass is 295 g/mol. The lowest BCUT2D eigenvalue weighted by Gasteiger charge is -2.04. The third-order valence-corrected chi connectivity index (χ3v) is 3.25. The maximum absolute atomic E-state index is 5.22. The summed E-state index contributed by atoms with van der Waals surface area (Å²) in [4.78, 5) is 4.38. The van der Waals surface area contributed by atoms with Gasteiger partial charge in [-0.25, -0.2) is 0 Å². The smallest absolute Gasteiger partial charge is 0.228 e. The van der Waals surface area contributed by atoms with Crippen LogP contribution in [0.1, 0.15) is 12.8 Å². The Bertz CT molecular complexity index is 498. The summed E-state index contributed by atoms with van der Waals surface area (Å²) in [6.45, 7) is 2.07. The van der Waals surface area contributed by atoms with Gasteiger partial charge in [-0.15, -0.1) is 0 Å². The van der Waals surface area contributed by atoms with Crippen molar-refractivity contribution in [2.45, 2.75) is 19.4 Å². The largest absolute Gasteiger partial charge is 0.339 e. The summed E-state index contributed by atoms with van der Waals surface area (Å²) in [5.41, 5.74) is 0.944. The number of nitrogens with zero attached hydrogens (tertiary/aromatic N) is 2. The Balaban J connectivity index is 2.21. The van der Waals surface area contributed by atoms with Gasteiger partial charge in [-0.1, -0.05) is 33.2 Å². The number of hydrogen-bond donors (Lipinski definition) is 1. The molecule has 2 aromatic rings. The van der Waals surface area contributed by atoms with Crippen molar-refractivity contribution < 1.29 is 4.52 Å². The van der Waals surface area contributed by atoms with Crippen molar-refractivity contribution in [3.8, 4) is 11.4 Å². The minimum Gasteiger partial charge on any atom is -0.339 e. The highest BCUT2D eigenvalue weighted by molar-refractivity contribution is 9.10. The van der Waals surface area contributed by atoms with E-state index in [0.29, 0.717) is 17.8 Å². The van der Waals surface area contributed by atoms with Crippen molar-refractivity contribution in [1.82, 2.24) is 15.5 Å². The van der Waals surface area contributed by atoms with Gasteiger partial charge in [0.25, 0.3) is 0 Å². The predicted molar refractivity (Wildman–Crippen MR) is 69.7 cm³/mol. The van der Waals surface area contributed by atoms with Crippen LogP contribution in [-0.2, 0) is 6.42 Å². The molecule has 4 nitrogen and oxygen atoms in total. The average Bonchev–Trinajstić information content (AvgIpc) is 2.78. The van der Waals surface area contributed by atoms with Gasteiger partial charge in [0.05, 0.1) is 0 Å². The minimum atomic E-state index is 0.322. The molecule has 0 saturated heterocycles. The van der Waals surface area contributed by atoms with Gasteiger partial charge in [-0.3, -0.25) is 0 Å². The van der Waals surface area contributed by atoms with Gasteiger partial charge < -0.3 is 9.84 Å². The zero-order chi connectivity index (χ0) is 12.3. The van der Waals surface area contributed by atoms with E-state index in [1.165, 1.54) is 0 Å². The van der Waals surface area contributed by atoms with Gasteiger partial charge in [-0.05, 0) is 26.1 Å². The number of hydrogen-bond acceptors (Lipinski definition) is 4. The highest BCUT2D eigenvalue weighted by Gasteiger charge is 2.12. The van der Waals surface area contributed by atoms with Crippen molar-refractivity contribution in [2.24, 2.45) is 0 Å². The van der Waals surface area contributed by atoms with Crippen LogP contribution < -0.4 is 5.32 Å². The van der Waals surface area contributed by atoms with E-state index < -0.39 is 0 Å². The molecule has 0 amide bonds. The van der Waals surface area contributed by atoms with Crippen LogP contribution in [0.3, 0.4) is 0 Å². The van der Waals surface area contributed by atoms with E-state index in [1.54, 1.807) is 0 Å². The van der Waals surface area contributed by atoms with Crippen LogP contribution in [0.25, 0.3) is 11.4 Å². The number of aromatic nitrogens is 2. The third kappa shape index (κ3) is 2.92. The predicted octanol–water partition coefficient (Wildman–Crippen LogP) is 2.65. The number of halogens is 1. The number of nitrogens with one attached hydrogen (secondary N) is 1. The molecule has 1 atom stereocenters. The molecule has 90 valence electrons. The van der Waals surface area contributed by atoms with Gasteiger partial charge in [0.1, 0.15) is 0 Å². The van der Waals surface area contributed by atoms with E-state index >= 15 is 0 Å². The first-order valence-electron chi connectivity index (χ1n) is 5.45. The molecule has 17 heavy (non-hydrogen) atoms. The Morgan fingerprint density at radius 3 is 2.88 bits per heavy atom. The van der Waals surface area contributed by atoms with Crippen molar-refractivity contribution in [2.75, 3.05) is 7.05 Å². The topological polar surface area (TPSA) is 51.0 Å². The van der Waals surface area contributed by atoms with Crippen molar-refractivity contribution in [3.05, 3.63) is 34.6 Å². The lowest BCUT2D eigenvalue weighted by molar-refractivity contribution is 0.365. The minimum absolute atomic E-state index is 0.322. The van der Waals surface area contributed by atoms with Crippen LogP contribution in [0.15, 0.2) is 33.3 Å². The fraction of sp³-hybridized carbons (Fsp3) is 0.333. The molecule has 2 rings (SSSR count). The SMILES string of the molecule is CNC(C)Cc1nc(-c2ccccc2Br)no1. The normalized spacial score (nSPS) is 12.6. The summed E-state index contributed by atoms with van der Waals surface area (Å²) in [7, 11) is 1.91. The van der Waals surface area contributed by atoms with Crippen molar-refractivity contribution >= 4 is 15.9 Å². The van der Waals surface area contributed by atoms with Gasteiger partial charge in [0.2, 0.25) is 11.7 Å². The molecule has 1 unspecified atom stereocenters. The van der Waals surface area contributed by atoms with E-state index in [2.05, 4.69) is 38.3 Å². The zero-order valence-corrected chi connectivity index (χ0v) is 11.4. The molecule has 0 aliphatic heterocycles. The molecule has 5 heteroatoms. The van der Waals surface area contributed by atoms with E-state index in [9.17, 15) is 0 Å². The number of likely N-dealkylation sites (N-methyl/N-ethyl adjacent to an activating group) is 1. The summed E-state index contributed by atoms with van der Waals surface area (Å²) < 4.78 is 6.19. The van der Waals surface area contributed by atoms with Crippen LogP contribution in [-0.4, -0.2) is 23.2 Å². The van der Waals surface area contributed by atoms with Crippen molar-refractivity contribution in [1.29, 1.82) is 0 Å². The first-order chi connectivity index (χ1) is 8.20. The van der Waals surface area contributed by atoms with Gasteiger partial charge in [0, 0.05) is 22.5 Å². The first kappa shape index (κ1) is 12.3. The average molecular weight is 296 g/mol. The number of rotatable bonds is 4. The molecule has 0 radical (unpaired) electrons. The second kappa shape index (κ2) is 5.42. The zero-order valence-electron chi connectivity index (χ0n) is 9.77. The summed E-state index contributed by atoms with van der Waals surface area (Å²) in [6, 6.07) is 8.15. The van der Waals surface area contributed by atoms with Crippen LogP contribution in [0.4, 0.5) is 0 Å². The standard InChI is InChI=1S/C12H14BrN3O/c1-8(14-2)7-11-15-12(16-17-11)9-5-3-4-6-10(9)13/h3-6,8,14H,7H2,1-2H3. The van der Waals surface area contributed by atoms with Crippen molar-refractivity contribution in [3.63, 3.8) is 0 Å². The highest BCUT2D eigenvalue weighted by Crippen LogP contribution is 2.25. The second-order valence-electron chi connectivity index (χ2n) is 3.89. The van der Waals surface area contributed by atoms with E-state index in [4.69, 9.17) is 4.52 Å². The second-order valence-corrected chi connectivity index (χ2v) is 4.74. The maximum atomic E-state index is 5.22. The molecule has 0 aliphatic carbocycles. The van der Waals surface area contributed by atoms with Crippen LogP contribution in [0.2, 0.25) is 0 Å². The molecule has 0 spiro atoms. The van der Waals surface area contributed by atoms with Gasteiger partial charge in [0.15, 0.2) is 0 Å². The van der Waals surface area contributed by atoms with Gasteiger partial charge in [-0.2, -0.15) is 4.98 Å². The maximum Gasteiger partial charge on any atom is 0.228 e. The highest BCUT2D eigenvalue weighted by atomic mass is 79.9. The van der Waals surface area contributed by atoms with E-state index in [0.717, 1.165) is 16.5 Å². The van der Waals surface area contributed by atoms with E-state index in [1.807, 2.05) is 31.3 Å². The van der Waals surface area contributed by atoms with Crippen LogP contribution >= 0.6 is 15.9 Å².